The molecule has 0 saturated heterocycles. The third-order valence-electron chi connectivity index (χ3n) is 3.44. The zero-order chi connectivity index (χ0) is 16.3. The van der Waals surface area contributed by atoms with Crippen molar-refractivity contribution in [1.29, 1.82) is 0 Å². The van der Waals surface area contributed by atoms with E-state index in [1.165, 1.54) is 70.6 Å². The highest BCUT2D eigenvalue weighted by Crippen LogP contribution is 2.13. The maximum Gasteiger partial charge on any atom is 0.300 e. The van der Waals surface area contributed by atoms with Gasteiger partial charge in [-0.2, -0.15) is 0 Å². The summed E-state index contributed by atoms with van der Waals surface area (Å²) in [6, 6.07) is 0. The van der Waals surface area contributed by atoms with Crippen LogP contribution in [-0.2, 0) is 4.79 Å². The van der Waals surface area contributed by atoms with Crippen molar-refractivity contribution in [2.45, 2.75) is 97.8 Å². The molecule has 0 aromatic carbocycles. The van der Waals surface area contributed by atoms with E-state index < -0.39 is 5.97 Å². The maximum absolute atomic E-state index is 9.00. The second kappa shape index (κ2) is 19.4. The largest absolute Gasteiger partial charge is 0.481 e. The normalized spacial score (nSPS) is 10.3. The Bertz CT molecular complexity index is 199. The Morgan fingerprint density at radius 2 is 1.05 bits per heavy atom. The summed E-state index contributed by atoms with van der Waals surface area (Å²) < 4.78 is 0. The van der Waals surface area contributed by atoms with Crippen molar-refractivity contribution < 1.29 is 15.0 Å². The Labute approximate surface area is 132 Å². The topological polar surface area (TPSA) is 57.5 Å². The van der Waals surface area contributed by atoms with Crippen molar-refractivity contribution in [2.75, 3.05) is 6.61 Å². The second-order valence-electron chi connectivity index (χ2n) is 6.31. The van der Waals surface area contributed by atoms with E-state index >= 15 is 0 Å². The quantitative estimate of drug-likeness (QED) is 0.447. The molecule has 0 aliphatic carbocycles. The van der Waals surface area contributed by atoms with Crippen molar-refractivity contribution in [3.8, 4) is 0 Å². The molecular weight excluding hydrogens is 264 g/mol. The van der Waals surface area contributed by atoms with E-state index in [1.54, 1.807) is 0 Å². The van der Waals surface area contributed by atoms with Gasteiger partial charge in [-0.3, -0.25) is 4.79 Å². The average molecular weight is 302 g/mol. The molecule has 0 fully saturated rings. The van der Waals surface area contributed by atoms with Gasteiger partial charge in [0.05, 0.1) is 0 Å². The maximum atomic E-state index is 9.00. The third kappa shape index (κ3) is 32.7. The van der Waals surface area contributed by atoms with Crippen molar-refractivity contribution in [1.82, 2.24) is 0 Å². The molecule has 3 nitrogen and oxygen atoms in total. The fraction of sp³-hybridized carbons (Fsp3) is 0.944. The van der Waals surface area contributed by atoms with Crippen LogP contribution >= 0.6 is 0 Å². The average Bonchev–Trinajstić information content (AvgIpc) is 2.39. The first-order valence-corrected chi connectivity index (χ1v) is 8.81. The molecule has 2 N–H and O–H groups in total. The number of carbonyl (C=O) groups is 1. The SMILES string of the molecule is CC(=O)O.CC(C)CCCCCCCCCCCCCO. The zero-order valence-corrected chi connectivity index (χ0v) is 14.6. The molecule has 0 amide bonds. The smallest absolute Gasteiger partial charge is 0.300 e. The first-order valence-electron chi connectivity index (χ1n) is 8.81. The van der Waals surface area contributed by atoms with Gasteiger partial charge in [-0.25, -0.2) is 0 Å². The zero-order valence-electron chi connectivity index (χ0n) is 14.6. The van der Waals surface area contributed by atoms with E-state index in [0.717, 1.165) is 19.3 Å². The van der Waals surface area contributed by atoms with Crippen LogP contribution in [0.5, 0.6) is 0 Å². The number of hydrogen-bond acceptors (Lipinski definition) is 2. The fourth-order valence-corrected chi connectivity index (χ4v) is 2.26. The monoisotopic (exact) mass is 302 g/mol. The van der Waals surface area contributed by atoms with Gasteiger partial charge in [0.1, 0.15) is 0 Å². The van der Waals surface area contributed by atoms with Crippen LogP contribution in [0.2, 0.25) is 0 Å². The second-order valence-corrected chi connectivity index (χ2v) is 6.31. The summed E-state index contributed by atoms with van der Waals surface area (Å²) in [7, 11) is 0. The van der Waals surface area contributed by atoms with Crippen LogP contribution in [-0.4, -0.2) is 22.8 Å². The minimum absolute atomic E-state index is 0.371. The minimum Gasteiger partial charge on any atom is -0.481 e. The molecule has 0 heterocycles. The van der Waals surface area contributed by atoms with Gasteiger partial charge >= 0.3 is 0 Å². The Kier molecular flexibility index (Phi) is 21.0. The molecule has 0 aromatic rings. The van der Waals surface area contributed by atoms with Crippen molar-refractivity contribution in [3.05, 3.63) is 0 Å². The summed E-state index contributed by atoms with van der Waals surface area (Å²) in [5, 5.41) is 16.1. The lowest BCUT2D eigenvalue weighted by Crippen LogP contribution is -1.87. The number of aliphatic carboxylic acids is 1. The van der Waals surface area contributed by atoms with Gasteiger partial charge in [0, 0.05) is 13.5 Å². The Morgan fingerprint density at radius 1 is 0.762 bits per heavy atom. The van der Waals surface area contributed by atoms with Gasteiger partial charge < -0.3 is 10.2 Å². The van der Waals surface area contributed by atoms with Crippen LogP contribution in [0.4, 0.5) is 0 Å². The summed E-state index contributed by atoms with van der Waals surface area (Å²) in [6.07, 6.45) is 16.3. The van der Waals surface area contributed by atoms with E-state index in [0.29, 0.717) is 6.61 Å². The molecule has 0 unspecified atom stereocenters. The molecule has 0 aromatic heterocycles. The van der Waals surface area contributed by atoms with Gasteiger partial charge in [0.15, 0.2) is 0 Å². The third-order valence-corrected chi connectivity index (χ3v) is 3.44. The summed E-state index contributed by atoms with van der Waals surface area (Å²) in [4.78, 5) is 9.00. The van der Waals surface area contributed by atoms with Gasteiger partial charge in [0.2, 0.25) is 0 Å². The molecule has 0 rings (SSSR count). The first-order chi connectivity index (χ1) is 10.0. The Balaban J connectivity index is 0. The lowest BCUT2D eigenvalue weighted by molar-refractivity contribution is -0.134. The molecule has 0 spiro atoms. The predicted molar refractivity (Wildman–Crippen MR) is 90.6 cm³/mol. The number of carboxylic acid groups (broad SMARTS) is 1. The molecule has 0 aliphatic rings. The van der Waals surface area contributed by atoms with Crippen LogP contribution in [0.1, 0.15) is 97.8 Å². The van der Waals surface area contributed by atoms with E-state index in [9.17, 15) is 0 Å². The number of carboxylic acids is 1. The standard InChI is InChI=1S/C16H34O.C2H4O2/c1-16(2)14-12-10-8-6-4-3-5-7-9-11-13-15-17;1-2(3)4/h16-17H,3-15H2,1-2H3;1H3,(H,3,4). The van der Waals surface area contributed by atoms with Crippen LogP contribution < -0.4 is 0 Å². The molecule has 0 aliphatic heterocycles. The molecule has 0 atom stereocenters. The van der Waals surface area contributed by atoms with Gasteiger partial charge in [-0.1, -0.05) is 84.5 Å². The Morgan fingerprint density at radius 3 is 1.33 bits per heavy atom. The van der Waals surface area contributed by atoms with Gasteiger partial charge in [-0.05, 0) is 12.3 Å². The number of unbranched alkanes of at least 4 members (excludes halogenated alkanes) is 10. The lowest BCUT2D eigenvalue weighted by Gasteiger charge is -2.04. The van der Waals surface area contributed by atoms with E-state index in [1.807, 2.05) is 0 Å². The Hall–Kier alpha value is -0.570. The van der Waals surface area contributed by atoms with E-state index in [4.69, 9.17) is 15.0 Å². The van der Waals surface area contributed by atoms with E-state index in [-0.39, 0.29) is 0 Å². The molecule has 21 heavy (non-hydrogen) atoms. The molecule has 0 saturated carbocycles. The van der Waals surface area contributed by atoms with E-state index in [2.05, 4.69) is 13.8 Å². The van der Waals surface area contributed by atoms with Gasteiger partial charge in [-0.15, -0.1) is 0 Å². The molecule has 128 valence electrons. The summed E-state index contributed by atoms with van der Waals surface area (Å²) in [6.45, 7) is 6.09. The van der Waals surface area contributed by atoms with Gasteiger partial charge in [0.25, 0.3) is 5.97 Å². The van der Waals surface area contributed by atoms with Crippen LogP contribution in [0.25, 0.3) is 0 Å². The molecular formula is C18H38O3. The van der Waals surface area contributed by atoms with Crippen LogP contribution in [0, 0.1) is 5.92 Å². The number of hydrogen-bond donors (Lipinski definition) is 2. The van der Waals surface area contributed by atoms with Crippen molar-refractivity contribution in [3.63, 3.8) is 0 Å². The summed E-state index contributed by atoms with van der Waals surface area (Å²) in [5.74, 6) is 0.0499. The van der Waals surface area contributed by atoms with Crippen LogP contribution in [0.15, 0.2) is 0 Å². The summed E-state index contributed by atoms with van der Waals surface area (Å²) >= 11 is 0. The highest BCUT2D eigenvalue weighted by atomic mass is 16.4. The molecule has 3 heteroatoms. The highest BCUT2D eigenvalue weighted by Gasteiger charge is 1.95. The number of rotatable bonds is 13. The highest BCUT2D eigenvalue weighted by molar-refractivity contribution is 5.62. The lowest BCUT2D eigenvalue weighted by atomic mass is 10.0. The van der Waals surface area contributed by atoms with Crippen LogP contribution in [0.3, 0.4) is 0 Å². The number of aliphatic hydroxyl groups excluding tert-OH is 1. The van der Waals surface area contributed by atoms with Crippen molar-refractivity contribution in [2.24, 2.45) is 5.92 Å². The minimum atomic E-state index is -0.833. The fourth-order valence-electron chi connectivity index (χ4n) is 2.26. The molecule has 0 bridgehead atoms. The summed E-state index contributed by atoms with van der Waals surface area (Å²) in [5.41, 5.74) is 0. The number of aliphatic hydroxyl groups is 1. The van der Waals surface area contributed by atoms with Crippen molar-refractivity contribution >= 4 is 5.97 Å². The molecule has 0 radical (unpaired) electrons. The predicted octanol–water partition coefficient (Wildman–Crippen LogP) is 5.41. The first kappa shape index (κ1) is 22.7.